The number of aromatic amines is 1. The molecule has 0 radical (unpaired) electrons. The zero-order valence-electron chi connectivity index (χ0n) is 14.3. The minimum absolute atomic E-state index is 0.101. The summed E-state index contributed by atoms with van der Waals surface area (Å²) in [6.45, 7) is 0.761. The predicted molar refractivity (Wildman–Crippen MR) is 99.5 cm³/mol. The zero-order chi connectivity index (χ0) is 18.5. The maximum absolute atomic E-state index is 14.5. The average molecular weight is 363 g/mol. The highest BCUT2D eigenvalue weighted by Gasteiger charge is 2.26. The van der Waals surface area contributed by atoms with E-state index in [0.717, 1.165) is 36.2 Å². The number of nitrogens with one attached hydrogen (secondary N) is 1. The summed E-state index contributed by atoms with van der Waals surface area (Å²) in [5, 5.41) is 0.848. The van der Waals surface area contributed by atoms with Gasteiger partial charge in [-0.25, -0.2) is 13.8 Å². The lowest BCUT2D eigenvalue weighted by Crippen LogP contribution is -2.02. The molecule has 134 valence electrons. The lowest BCUT2D eigenvalue weighted by Gasteiger charge is -2.11. The van der Waals surface area contributed by atoms with Crippen molar-refractivity contribution >= 4 is 10.9 Å². The van der Waals surface area contributed by atoms with E-state index in [1.165, 1.54) is 24.3 Å². The fraction of sp³-hybridized carbons (Fsp3) is 0.143. The number of aryl methyl sites for hydroxylation is 1. The van der Waals surface area contributed by atoms with Crippen molar-refractivity contribution < 1.29 is 8.78 Å². The molecule has 0 unspecified atom stereocenters. The van der Waals surface area contributed by atoms with Gasteiger partial charge in [-0.15, -0.1) is 0 Å². The van der Waals surface area contributed by atoms with Crippen LogP contribution in [0.4, 0.5) is 8.78 Å². The van der Waals surface area contributed by atoms with Gasteiger partial charge in [-0.1, -0.05) is 12.1 Å². The number of rotatable bonds is 2. The summed E-state index contributed by atoms with van der Waals surface area (Å²) in [6.07, 6.45) is 1.74. The molecule has 0 fully saturated rings. The first-order valence-electron chi connectivity index (χ1n) is 8.79. The first-order chi connectivity index (χ1) is 13.1. The average Bonchev–Trinajstić information content (AvgIpc) is 3.22. The minimum Gasteiger partial charge on any atom is -0.327 e. The van der Waals surface area contributed by atoms with Gasteiger partial charge in [0.2, 0.25) is 5.56 Å². The van der Waals surface area contributed by atoms with Crippen molar-refractivity contribution in [1.29, 1.82) is 0 Å². The van der Waals surface area contributed by atoms with E-state index < -0.39 is 11.6 Å². The predicted octanol–water partition coefficient (Wildman–Crippen LogP) is 4.28. The Morgan fingerprint density at radius 3 is 2.67 bits per heavy atom. The molecule has 0 amide bonds. The molecule has 2 aromatic carbocycles. The summed E-state index contributed by atoms with van der Waals surface area (Å²) in [4.78, 5) is 18.9. The summed E-state index contributed by atoms with van der Waals surface area (Å²) in [5.41, 5.74) is 2.29. The summed E-state index contributed by atoms with van der Waals surface area (Å²) < 4.78 is 31.0. The fourth-order valence-electron chi connectivity index (χ4n) is 3.82. The number of fused-ring (bicyclic) bond motifs is 2. The second-order valence-corrected chi connectivity index (χ2v) is 6.70. The van der Waals surface area contributed by atoms with Crippen LogP contribution in [0, 0.1) is 11.6 Å². The standard InChI is InChI=1S/C21H15F2N3O/c22-14-3-1-4-15(23)19(14)20-21(26-10-2-5-17(26)25-20)13-6-8-16-12(11-13)7-9-18(27)24-16/h1,3-4,6-9,11H,2,5,10H2,(H,24,27). The monoisotopic (exact) mass is 363 g/mol. The second kappa shape index (κ2) is 5.87. The maximum atomic E-state index is 14.5. The molecule has 6 heteroatoms. The van der Waals surface area contributed by atoms with Crippen LogP contribution < -0.4 is 5.56 Å². The normalized spacial score (nSPS) is 13.3. The summed E-state index contributed by atoms with van der Waals surface area (Å²) in [5.74, 6) is -0.416. The Balaban J connectivity index is 1.80. The molecule has 5 rings (SSSR count). The number of imidazole rings is 1. The lowest BCUT2D eigenvalue weighted by molar-refractivity contribution is 0.588. The van der Waals surface area contributed by atoms with Crippen LogP contribution in [0.1, 0.15) is 12.2 Å². The maximum Gasteiger partial charge on any atom is 0.248 e. The van der Waals surface area contributed by atoms with Crippen molar-refractivity contribution in [3.63, 3.8) is 0 Å². The molecule has 0 atom stereocenters. The van der Waals surface area contributed by atoms with Gasteiger partial charge in [-0.2, -0.15) is 0 Å². The molecule has 1 N–H and O–H groups in total. The van der Waals surface area contributed by atoms with Gasteiger partial charge in [0.15, 0.2) is 0 Å². The molecule has 0 saturated carbocycles. The smallest absolute Gasteiger partial charge is 0.248 e. The highest BCUT2D eigenvalue weighted by molar-refractivity contribution is 5.87. The number of nitrogens with zero attached hydrogens (tertiary/aromatic N) is 2. The number of halogens is 2. The van der Waals surface area contributed by atoms with Crippen LogP contribution in [-0.4, -0.2) is 14.5 Å². The Labute approximate surface area is 153 Å². The molecular weight excluding hydrogens is 348 g/mol. The van der Waals surface area contributed by atoms with Crippen molar-refractivity contribution in [3.05, 3.63) is 76.3 Å². The van der Waals surface area contributed by atoms with E-state index in [1.54, 1.807) is 6.07 Å². The quantitative estimate of drug-likeness (QED) is 0.578. The molecular formula is C21H15F2N3O. The third-order valence-electron chi connectivity index (χ3n) is 5.03. The van der Waals surface area contributed by atoms with Crippen LogP contribution >= 0.6 is 0 Å². The number of benzene rings is 2. The van der Waals surface area contributed by atoms with Gasteiger partial charge >= 0.3 is 0 Å². The lowest BCUT2D eigenvalue weighted by atomic mass is 10.0. The van der Waals surface area contributed by atoms with E-state index in [-0.39, 0.29) is 11.1 Å². The number of H-pyrrole nitrogens is 1. The number of aromatic nitrogens is 3. The first-order valence-corrected chi connectivity index (χ1v) is 8.79. The summed E-state index contributed by atoms with van der Waals surface area (Å²) in [6, 6.07) is 12.6. The van der Waals surface area contributed by atoms with Gasteiger partial charge in [-0.05, 0) is 42.1 Å². The number of pyridine rings is 1. The van der Waals surface area contributed by atoms with Gasteiger partial charge in [0.1, 0.15) is 23.2 Å². The topological polar surface area (TPSA) is 50.7 Å². The molecule has 2 aromatic heterocycles. The third-order valence-corrected chi connectivity index (χ3v) is 5.03. The molecule has 4 nitrogen and oxygen atoms in total. The molecule has 0 bridgehead atoms. The zero-order valence-corrected chi connectivity index (χ0v) is 14.3. The second-order valence-electron chi connectivity index (χ2n) is 6.70. The highest BCUT2D eigenvalue weighted by atomic mass is 19.1. The molecule has 1 aliphatic rings. The van der Waals surface area contributed by atoms with Crippen molar-refractivity contribution in [2.24, 2.45) is 0 Å². The fourth-order valence-corrected chi connectivity index (χ4v) is 3.82. The molecule has 0 spiro atoms. The van der Waals surface area contributed by atoms with Crippen molar-refractivity contribution in [2.45, 2.75) is 19.4 Å². The Hall–Kier alpha value is -3.28. The van der Waals surface area contributed by atoms with Gasteiger partial charge in [0.05, 0.1) is 11.3 Å². The van der Waals surface area contributed by atoms with Gasteiger partial charge in [-0.3, -0.25) is 4.79 Å². The van der Waals surface area contributed by atoms with E-state index >= 15 is 0 Å². The molecule has 27 heavy (non-hydrogen) atoms. The van der Waals surface area contributed by atoms with Crippen LogP contribution in [0.25, 0.3) is 33.4 Å². The van der Waals surface area contributed by atoms with Gasteiger partial charge in [0.25, 0.3) is 0 Å². The largest absolute Gasteiger partial charge is 0.327 e. The Morgan fingerprint density at radius 2 is 1.85 bits per heavy atom. The summed E-state index contributed by atoms with van der Waals surface area (Å²) in [7, 11) is 0. The Morgan fingerprint density at radius 1 is 1.04 bits per heavy atom. The molecule has 3 heterocycles. The highest BCUT2D eigenvalue weighted by Crippen LogP contribution is 2.38. The molecule has 1 aliphatic heterocycles. The van der Waals surface area contributed by atoms with Crippen LogP contribution in [0.15, 0.2) is 53.3 Å². The minimum atomic E-state index is -0.627. The van der Waals surface area contributed by atoms with E-state index in [4.69, 9.17) is 0 Å². The van der Waals surface area contributed by atoms with E-state index in [0.29, 0.717) is 16.9 Å². The van der Waals surface area contributed by atoms with Crippen molar-refractivity contribution in [1.82, 2.24) is 14.5 Å². The number of hydrogen-bond donors (Lipinski definition) is 1. The summed E-state index contributed by atoms with van der Waals surface area (Å²) >= 11 is 0. The van der Waals surface area contributed by atoms with Crippen LogP contribution in [-0.2, 0) is 13.0 Å². The van der Waals surface area contributed by atoms with Gasteiger partial charge < -0.3 is 9.55 Å². The number of hydrogen-bond acceptors (Lipinski definition) is 2. The van der Waals surface area contributed by atoms with Crippen molar-refractivity contribution in [3.8, 4) is 22.5 Å². The molecule has 0 saturated heterocycles. The molecule has 4 aromatic rings. The Bertz CT molecular complexity index is 1240. The van der Waals surface area contributed by atoms with E-state index in [9.17, 15) is 13.6 Å². The molecule has 0 aliphatic carbocycles. The Kier molecular flexibility index (Phi) is 3.47. The van der Waals surface area contributed by atoms with Crippen molar-refractivity contribution in [2.75, 3.05) is 0 Å². The van der Waals surface area contributed by atoms with Crippen LogP contribution in [0.2, 0.25) is 0 Å². The SMILES string of the molecule is O=c1ccc2cc(-c3c(-c4c(F)cccc4F)nc4n3CCC4)ccc2[nH]1. The van der Waals surface area contributed by atoms with E-state index in [1.807, 2.05) is 22.8 Å². The van der Waals surface area contributed by atoms with Crippen LogP contribution in [0.3, 0.4) is 0 Å². The first kappa shape index (κ1) is 15.9. The third kappa shape index (κ3) is 2.48. The van der Waals surface area contributed by atoms with Gasteiger partial charge in [0, 0.05) is 30.1 Å². The van der Waals surface area contributed by atoms with E-state index in [2.05, 4.69) is 9.97 Å². The van der Waals surface area contributed by atoms with Crippen LogP contribution in [0.5, 0.6) is 0 Å².